The van der Waals surface area contributed by atoms with E-state index in [-0.39, 0.29) is 5.82 Å². The number of hydrogen-bond donors (Lipinski definition) is 0. The highest BCUT2D eigenvalue weighted by atomic mass is 32.2. The van der Waals surface area contributed by atoms with Gasteiger partial charge in [0.25, 0.3) is 0 Å². The van der Waals surface area contributed by atoms with Crippen LogP contribution >= 0.6 is 11.8 Å². The molecule has 1 nitrogen and oxygen atoms in total. The van der Waals surface area contributed by atoms with Crippen LogP contribution in [0, 0.1) is 5.82 Å². The first kappa shape index (κ1) is 11.9. The van der Waals surface area contributed by atoms with Crippen LogP contribution in [0.5, 0.6) is 0 Å². The Morgan fingerprint density at radius 1 is 1.31 bits per heavy atom. The third kappa shape index (κ3) is 2.58. The van der Waals surface area contributed by atoms with Crippen molar-refractivity contribution < 1.29 is 4.39 Å². The first-order valence-corrected chi connectivity index (χ1v) is 6.98. The molecule has 1 saturated heterocycles. The molecule has 1 aliphatic heterocycles. The van der Waals surface area contributed by atoms with Gasteiger partial charge in [-0.05, 0) is 50.4 Å². The molecule has 1 aromatic carbocycles. The van der Waals surface area contributed by atoms with E-state index < -0.39 is 0 Å². The van der Waals surface area contributed by atoms with E-state index in [2.05, 4.69) is 18.2 Å². The van der Waals surface area contributed by atoms with Gasteiger partial charge >= 0.3 is 0 Å². The van der Waals surface area contributed by atoms with Crippen molar-refractivity contribution in [3.05, 3.63) is 35.6 Å². The molecule has 16 heavy (non-hydrogen) atoms. The Hall–Kier alpha value is -0.540. The molecule has 0 bridgehead atoms. The van der Waals surface area contributed by atoms with Gasteiger partial charge in [-0.15, -0.1) is 0 Å². The number of likely N-dealkylation sites (tertiary alicyclic amines) is 1. The smallest absolute Gasteiger partial charge is 0.123 e. The molecule has 1 fully saturated rings. The van der Waals surface area contributed by atoms with Gasteiger partial charge in [0.15, 0.2) is 0 Å². The van der Waals surface area contributed by atoms with Crippen LogP contribution in [-0.2, 0) is 0 Å². The van der Waals surface area contributed by atoms with Gasteiger partial charge in [0.2, 0.25) is 0 Å². The van der Waals surface area contributed by atoms with Crippen molar-refractivity contribution >= 4 is 11.8 Å². The second kappa shape index (κ2) is 5.19. The van der Waals surface area contributed by atoms with Crippen LogP contribution in [0.2, 0.25) is 0 Å². The number of benzene rings is 1. The van der Waals surface area contributed by atoms with Crippen LogP contribution in [0.4, 0.5) is 4.39 Å². The maximum absolute atomic E-state index is 12.9. The molecule has 2 rings (SSSR count). The van der Waals surface area contributed by atoms with E-state index in [1.165, 1.54) is 18.4 Å². The molecule has 0 aliphatic carbocycles. The molecule has 1 heterocycles. The molecule has 2 unspecified atom stereocenters. The lowest BCUT2D eigenvalue weighted by Gasteiger charge is -2.36. The zero-order valence-electron chi connectivity index (χ0n) is 9.82. The fourth-order valence-electron chi connectivity index (χ4n) is 2.34. The van der Waals surface area contributed by atoms with Gasteiger partial charge in [-0.1, -0.05) is 12.1 Å². The minimum absolute atomic E-state index is 0.149. The Balaban J connectivity index is 2.14. The summed E-state index contributed by atoms with van der Waals surface area (Å²) in [5.74, 6) is -0.149. The number of hydrogen-bond acceptors (Lipinski definition) is 2. The number of nitrogens with zero attached hydrogens (tertiary/aromatic N) is 1. The zero-order chi connectivity index (χ0) is 11.5. The van der Waals surface area contributed by atoms with Crippen molar-refractivity contribution in [2.45, 2.75) is 24.1 Å². The lowest BCUT2D eigenvalue weighted by atomic mass is 9.95. The second-order valence-corrected chi connectivity index (χ2v) is 5.57. The molecule has 0 radical (unpaired) electrons. The molecule has 1 aromatic rings. The number of thioether (sulfide) groups is 1. The van der Waals surface area contributed by atoms with Gasteiger partial charge in [-0.25, -0.2) is 4.39 Å². The first-order chi connectivity index (χ1) is 7.70. The average molecular weight is 239 g/mol. The van der Waals surface area contributed by atoms with Crippen LogP contribution in [0.1, 0.15) is 24.4 Å². The largest absolute Gasteiger partial charge is 0.299 e. The Bertz CT molecular complexity index is 338. The van der Waals surface area contributed by atoms with Gasteiger partial charge in [-0.3, -0.25) is 4.90 Å². The molecule has 1 aliphatic rings. The lowest BCUT2D eigenvalue weighted by molar-refractivity contribution is 0.192. The summed E-state index contributed by atoms with van der Waals surface area (Å²) in [6.07, 6.45) is 4.61. The summed E-state index contributed by atoms with van der Waals surface area (Å²) in [5, 5.41) is 0.742. The average Bonchev–Trinajstić information content (AvgIpc) is 2.31. The molecule has 88 valence electrons. The third-order valence-corrected chi connectivity index (χ3v) is 4.50. The van der Waals surface area contributed by atoms with Gasteiger partial charge in [0, 0.05) is 11.3 Å². The maximum Gasteiger partial charge on any atom is 0.123 e. The Morgan fingerprint density at radius 3 is 2.62 bits per heavy atom. The van der Waals surface area contributed by atoms with Crippen LogP contribution in [0.25, 0.3) is 0 Å². The summed E-state index contributed by atoms with van der Waals surface area (Å²) in [6, 6.07) is 7.41. The standard InChI is InChI=1S/C13H18FNS/c1-15-8-7-12(16-2)9-13(15)10-3-5-11(14)6-4-10/h3-6,12-13H,7-9H2,1-2H3. The van der Waals surface area contributed by atoms with E-state index in [1.54, 1.807) is 12.1 Å². The minimum atomic E-state index is -0.149. The highest BCUT2D eigenvalue weighted by molar-refractivity contribution is 7.99. The van der Waals surface area contributed by atoms with E-state index in [0.717, 1.165) is 11.8 Å². The van der Waals surface area contributed by atoms with Crippen molar-refractivity contribution in [1.29, 1.82) is 0 Å². The molecular formula is C13H18FNS. The predicted molar refractivity (Wildman–Crippen MR) is 68.3 cm³/mol. The van der Waals surface area contributed by atoms with Crippen LogP contribution in [0.15, 0.2) is 24.3 Å². The lowest BCUT2D eigenvalue weighted by Crippen LogP contribution is -2.34. The molecular weight excluding hydrogens is 221 g/mol. The number of rotatable bonds is 2. The SMILES string of the molecule is CSC1CCN(C)C(c2ccc(F)cc2)C1. The normalized spacial score (nSPS) is 26.9. The van der Waals surface area contributed by atoms with Crippen molar-refractivity contribution in [3.8, 4) is 0 Å². The molecule has 0 spiro atoms. The van der Waals surface area contributed by atoms with E-state index in [9.17, 15) is 4.39 Å². The molecule has 0 aromatic heterocycles. The summed E-state index contributed by atoms with van der Waals surface area (Å²) in [4.78, 5) is 2.37. The zero-order valence-corrected chi connectivity index (χ0v) is 10.6. The van der Waals surface area contributed by atoms with Crippen molar-refractivity contribution in [2.24, 2.45) is 0 Å². The third-order valence-electron chi connectivity index (χ3n) is 3.41. The quantitative estimate of drug-likeness (QED) is 0.779. The highest BCUT2D eigenvalue weighted by Gasteiger charge is 2.26. The minimum Gasteiger partial charge on any atom is -0.299 e. The highest BCUT2D eigenvalue weighted by Crippen LogP contribution is 2.34. The Morgan fingerprint density at radius 2 is 2.00 bits per heavy atom. The van der Waals surface area contributed by atoms with E-state index in [4.69, 9.17) is 0 Å². The van der Waals surface area contributed by atoms with Crippen LogP contribution in [0.3, 0.4) is 0 Å². The fraction of sp³-hybridized carbons (Fsp3) is 0.538. The van der Waals surface area contributed by atoms with Crippen molar-refractivity contribution in [2.75, 3.05) is 19.8 Å². The summed E-state index contributed by atoms with van der Waals surface area (Å²) < 4.78 is 12.9. The number of piperidine rings is 1. The maximum atomic E-state index is 12.9. The van der Waals surface area contributed by atoms with Crippen molar-refractivity contribution in [3.63, 3.8) is 0 Å². The molecule has 0 N–H and O–H groups in total. The van der Waals surface area contributed by atoms with Gasteiger partial charge in [0.05, 0.1) is 0 Å². The van der Waals surface area contributed by atoms with Gasteiger partial charge in [0.1, 0.15) is 5.82 Å². The fourth-order valence-corrected chi connectivity index (χ4v) is 3.06. The predicted octanol–water partition coefficient (Wildman–Crippen LogP) is 3.32. The van der Waals surface area contributed by atoms with E-state index in [0.29, 0.717) is 6.04 Å². The van der Waals surface area contributed by atoms with Gasteiger partial charge < -0.3 is 0 Å². The Kier molecular flexibility index (Phi) is 3.87. The monoisotopic (exact) mass is 239 g/mol. The summed E-state index contributed by atoms with van der Waals surface area (Å²) >= 11 is 1.95. The number of halogens is 1. The Labute approximate surface area is 101 Å². The topological polar surface area (TPSA) is 3.24 Å². The molecule has 2 atom stereocenters. The summed E-state index contributed by atoms with van der Waals surface area (Å²) in [5.41, 5.74) is 1.24. The summed E-state index contributed by atoms with van der Waals surface area (Å²) in [7, 11) is 2.16. The molecule has 0 saturated carbocycles. The van der Waals surface area contributed by atoms with E-state index >= 15 is 0 Å². The second-order valence-electron chi connectivity index (χ2n) is 4.43. The summed E-state index contributed by atoms with van der Waals surface area (Å²) in [6.45, 7) is 1.13. The van der Waals surface area contributed by atoms with Crippen molar-refractivity contribution in [1.82, 2.24) is 4.90 Å². The van der Waals surface area contributed by atoms with Crippen LogP contribution in [-0.4, -0.2) is 30.0 Å². The first-order valence-electron chi connectivity index (χ1n) is 5.69. The molecule has 3 heteroatoms. The molecule has 0 amide bonds. The van der Waals surface area contributed by atoms with Crippen LogP contribution < -0.4 is 0 Å². The van der Waals surface area contributed by atoms with E-state index in [1.807, 2.05) is 23.9 Å². The van der Waals surface area contributed by atoms with Gasteiger partial charge in [-0.2, -0.15) is 11.8 Å².